The van der Waals surface area contributed by atoms with Crippen molar-refractivity contribution >= 4 is 41.7 Å². The number of imidazole rings is 1. The minimum atomic E-state index is -2.95. The van der Waals surface area contributed by atoms with Crippen LogP contribution in [0.25, 0.3) is 11.2 Å². The standard InChI is InChI=1S/C32H41N5O7Si/c1-20(2)28(40)35-31-34-27-24(29(41)36-31)33-19-37(27)30-26(42-17-16-38)25(39)23(44-30)18-43-45(32(3,4)5,21-12-8-6-9-13-21)22-14-10-7-11-15-22/h6-15,19-20,23,25-26,30,38-39H,16-18H2,1-5H3,(H2,34,35,36,40,41)/t23-,25?,26?,30-/m1/s1. The monoisotopic (exact) mass is 635 g/mol. The molecule has 0 spiro atoms. The van der Waals surface area contributed by atoms with Gasteiger partial charge in [0.2, 0.25) is 11.9 Å². The number of carbonyl (C=O) groups is 1. The quantitative estimate of drug-likeness (QED) is 0.181. The van der Waals surface area contributed by atoms with Crippen molar-refractivity contribution in [1.29, 1.82) is 0 Å². The second kappa shape index (κ2) is 13.3. The lowest BCUT2D eigenvalue weighted by molar-refractivity contribution is -0.118. The van der Waals surface area contributed by atoms with Gasteiger partial charge in [0.15, 0.2) is 17.4 Å². The van der Waals surface area contributed by atoms with E-state index in [9.17, 15) is 19.8 Å². The van der Waals surface area contributed by atoms with Gasteiger partial charge in [-0.3, -0.25) is 24.5 Å². The Morgan fingerprint density at radius 2 is 1.73 bits per heavy atom. The summed E-state index contributed by atoms with van der Waals surface area (Å²) in [5, 5.41) is 25.6. The van der Waals surface area contributed by atoms with Gasteiger partial charge >= 0.3 is 0 Å². The maximum Gasteiger partial charge on any atom is 0.280 e. The molecule has 0 aliphatic carbocycles. The van der Waals surface area contributed by atoms with Crippen LogP contribution in [0.5, 0.6) is 0 Å². The molecule has 0 saturated carbocycles. The van der Waals surface area contributed by atoms with E-state index in [2.05, 4.69) is 65.3 Å². The Kier molecular flexibility index (Phi) is 9.67. The molecule has 13 heteroatoms. The molecule has 2 unspecified atom stereocenters. The van der Waals surface area contributed by atoms with E-state index in [-0.39, 0.29) is 53.8 Å². The number of fused-ring (bicyclic) bond motifs is 1. The van der Waals surface area contributed by atoms with Crippen LogP contribution in [0.3, 0.4) is 0 Å². The highest BCUT2D eigenvalue weighted by Crippen LogP contribution is 2.39. The molecule has 1 aliphatic heterocycles. The van der Waals surface area contributed by atoms with E-state index in [0.717, 1.165) is 10.4 Å². The molecular formula is C32H41N5O7Si. The van der Waals surface area contributed by atoms with Crippen molar-refractivity contribution in [1.82, 2.24) is 19.5 Å². The van der Waals surface area contributed by atoms with Crippen LogP contribution in [0.1, 0.15) is 40.8 Å². The maximum atomic E-state index is 12.8. The fraction of sp³-hybridized carbons (Fsp3) is 0.438. The van der Waals surface area contributed by atoms with E-state index in [1.165, 1.54) is 10.9 Å². The van der Waals surface area contributed by atoms with Gasteiger partial charge in [0, 0.05) is 5.92 Å². The lowest BCUT2D eigenvalue weighted by Gasteiger charge is -2.43. The maximum absolute atomic E-state index is 12.8. The third kappa shape index (κ3) is 6.37. The largest absolute Gasteiger partial charge is 0.405 e. The van der Waals surface area contributed by atoms with Crippen LogP contribution in [-0.2, 0) is 18.7 Å². The first-order valence-electron chi connectivity index (χ1n) is 15.1. The van der Waals surface area contributed by atoms with Crippen molar-refractivity contribution in [3.8, 4) is 0 Å². The summed E-state index contributed by atoms with van der Waals surface area (Å²) in [6, 6.07) is 20.3. The van der Waals surface area contributed by atoms with Gasteiger partial charge in [0.25, 0.3) is 13.9 Å². The van der Waals surface area contributed by atoms with E-state index >= 15 is 0 Å². The number of H-pyrrole nitrogens is 1. The molecule has 5 rings (SSSR count). The van der Waals surface area contributed by atoms with Gasteiger partial charge in [-0.1, -0.05) is 95.3 Å². The van der Waals surface area contributed by atoms with E-state index in [1.54, 1.807) is 13.8 Å². The number of ether oxygens (including phenoxy) is 2. The Hall–Kier alpha value is -3.72. The van der Waals surface area contributed by atoms with Crippen molar-refractivity contribution in [3.63, 3.8) is 0 Å². The van der Waals surface area contributed by atoms with Crippen molar-refractivity contribution in [2.75, 3.05) is 25.1 Å². The van der Waals surface area contributed by atoms with Crippen molar-refractivity contribution in [2.24, 2.45) is 5.92 Å². The number of hydrogen-bond acceptors (Lipinski definition) is 9. The van der Waals surface area contributed by atoms with Crippen LogP contribution in [0, 0.1) is 5.92 Å². The first-order valence-corrected chi connectivity index (χ1v) is 17.0. The molecule has 45 heavy (non-hydrogen) atoms. The summed E-state index contributed by atoms with van der Waals surface area (Å²) in [7, 11) is -2.95. The van der Waals surface area contributed by atoms with Crippen LogP contribution in [-0.4, -0.2) is 82.1 Å². The molecule has 4 aromatic rings. The number of benzene rings is 2. The average molecular weight is 636 g/mol. The molecule has 0 radical (unpaired) electrons. The zero-order valence-electron chi connectivity index (χ0n) is 26.1. The lowest BCUT2D eigenvalue weighted by Crippen LogP contribution is -2.67. The molecule has 1 aliphatic rings. The molecule has 1 saturated heterocycles. The summed E-state index contributed by atoms with van der Waals surface area (Å²) in [5.74, 6) is -0.691. The minimum Gasteiger partial charge on any atom is -0.405 e. The molecule has 1 amide bonds. The number of hydrogen-bond donors (Lipinski definition) is 4. The van der Waals surface area contributed by atoms with Gasteiger partial charge < -0.3 is 24.1 Å². The minimum absolute atomic E-state index is 0.0311. The Balaban J connectivity index is 1.51. The summed E-state index contributed by atoms with van der Waals surface area (Å²) in [4.78, 5) is 36.4. The fourth-order valence-corrected chi connectivity index (χ4v) is 10.4. The van der Waals surface area contributed by atoms with Gasteiger partial charge in [-0.25, -0.2) is 4.98 Å². The van der Waals surface area contributed by atoms with Gasteiger partial charge in [0.1, 0.15) is 18.3 Å². The molecule has 0 bridgehead atoms. The highest BCUT2D eigenvalue weighted by molar-refractivity contribution is 6.99. The summed E-state index contributed by atoms with van der Waals surface area (Å²) < 4.78 is 20.9. The summed E-state index contributed by atoms with van der Waals surface area (Å²) in [5.41, 5.74) is -0.375. The molecule has 1 fully saturated rings. The number of nitrogens with one attached hydrogen (secondary N) is 2. The van der Waals surface area contributed by atoms with Crippen LogP contribution in [0.4, 0.5) is 5.95 Å². The van der Waals surface area contributed by atoms with Gasteiger partial charge in [-0.2, -0.15) is 4.98 Å². The van der Waals surface area contributed by atoms with E-state index in [0.29, 0.717) is 0 Å². The number of aliphatic hydroxyl groups excluding tert-OH is 2. The van der Waals surface area contributed by atoms with Gasteiger partial charge in [-0.05, 0) is 15.4 Å². The van der Waals surface area contributed by atoms with Crippen molar-refractivity contribution in [2.45, 2.75) is 64.2 Å². The molecule has 12 nitrogen and oxygen atoms in total. The number of aromatic nitrogens is 4. The SMILES string of the molecule is CC(C)C(=O)Nc1nc2c(ncn2[C@@H]2O[C@H](CO[Si](c3ccccc3)(c3ccccc3)C(C)(C)C)C(O)C2OCCO)c(=O)[nH]1. The Bertz CT molecular complexity index is 1620. The Morgan fingerprint density at radius 3 is 2.29 bits per heavy atom. The highest BCUT2D eigenvalue weighted by Gasteiger charge is 2.53. The Labute approximate surface area is 262 Å². The summed E-state index contributed by atoms with van der Waals surface area (Å²) >= 11 is 0. The molecule has 3 heterocycles. The topological polar surface area (TPSA) is 161 Å². The van der Waals surface area contributed by atoms with Crippen LogP contribution >= 0.6 is 0 Å². The molecule has 240 valence electrons. The number of aliphatic hydroxyl groups is 2. The van der Waals surface area contributed by atoms with Crippen molar-refractivity contribution < 1.29 is 28.9 Å². The third-order valence-corrected chi connectivity index (χ3v) is 13.1. The number of aromatic amines is 1. The number of nitrogens with zero attached hydrogens (tertiary/aromatic N) is 3. The third-order valence-electron chi connectivity index (χ3n) is 8.07. The molecular weight excluding hydrogens is 594 g/mol. The number of amides is 1. The number of anilines is 1. The lowest BCUT2D eigenvalue weighted by atomic mass is 10.1. The van der Waals surface area contributed by atoms with Crippen LogP contribution < -0.4 is 21.2 Å². The first kappa shape index (κ1) is 32.7. The van der Waals surface area contributed by atoms with E-state index < -0.39 is 38.4 Å². The van der Waals surface area contributed by atoms with Gasteiger partial charge in [-0.15, -0.1) is 0 Å². The molecule has 4 N–H and O–H groups in total. The number of carbonyl (C=O) groups excluding carboxylic acids is 1. The summed E-state index contributed by atoms with van der Waals surface area (Å²) in [6.45, 7) is 9.66. The average Bonchev–Trinajstić information content (AvgIpc) is 3.57. The highest BCUT2D eigenvalue weighted by atomic mass is 28.4. The van der Waals surface area contributed by atoms with Crippen molar-refractivity contribution in [3.05, 3.63) is 77.3 Å². The van der Waals surface area contributed by atoms with E-state index in [4.69, 9.17) is 13.9 Å². The molecule has 4 atom stereocenters. The Morgan fingerprint density at radius 1 is 1.11 bits per heavy atom. The smallest absolute Gasteiger partial charge is 0.280 e. The normalized spacial score (nSPS) is 20.6. The van der Waals surface area contributed by atoms with E-state index in [1.807, 2.05) is 36.4 Å². The van der Waals surface area contributed by atoms with Gasteiger partial charge in [0.05, 0.1) is 26.1 Å². The first-order chi connectivity index (χ1) is 21.5. The van der Waals surface area contributed by atoms with Crippen LogP contribution in [0.2, 0.25) is 5.04 Å². The fourth-order valence-electron chi connectivity index (χ4n) is 5.85. The summed E-state index contributed by atoms with van der Waals surface area (Å²) in [6.07, 6.45) is -2.51. The second-order valence-corrected chi connectivity index (χ2v) is 16.8. The molecule has 2 aromatic heterocycles. The molecule has 2 aromatic carbocycles. The second-order valence-electron chi connectivity index (χ2n) is 12.5. The number of rotatable bonds is 11. The zero-order chi connectivity index (χ0) is 32.4. The predicted octanol–water partition coefficient (Wildman–Crippen LogP) is 1.93. The predicted molar refractivity (Wildman–Crippen MR) is 172 cm³/mol. The zero-order valence-corrected chi connectivity index (χ0v) is 27.1. The van der Waals surface area contributed by atoms with Crippen LogP contribution in [0.15, 0.2) is 71.8 Å².